The van der Waals surface area contributed by atoms with Gasteiger partial charge in [0.1, 0.15) is 11.3 Å². The van der Waals surface area contributed by atoms with Gasteiger partial charge < -0.3 is 9.84 Å². The second-order valence-electron chi connectivity index (χ2n) is 6.65. The molecule has 3 aromatic carbocycles. The molecule has 0 aliphatic carbocycles. The summed E-state index contributed by atoms with van der Waals surface area (Å²) in [5.74, 6) is -0.728. The number of phenols is 1. The number of esters is 1. The van der Waals surface area contributed by atoms with Crippen molar-refractivity contribution in [3.8, 4) is 5.75 Å². The lowest BCUT2D eigenvalue weighted by atomic mass is 9.97. The van der Waals surface area contributed by atoms with E-state index in [9.17, 15) is 14.7 Å². The van der Waals surface area contributed by atoms with Crippen molar-refractivity contribution in [1.82, 2.24) is 0 Å². The fraction of sp³-hybridized carbons (Fsp3) is 0.217. The van der Waals surface area contributed by atoms with Crippen LogP contribution in [-0.2, 0) is 4.74 Å². The Hall–Kier alpha value is -3.14. The Morgan fingerprint density at radius 2 is 1.63 bits per heavy atom. The SMILES string of the molecule is CC[C@H](C)c1ccc(C(=O)COC(=O)c2cc3ccccc3cc2O)cc1. The summed E-state index contributed by atoms with van der Waals surface area (Å²) in [5.41, 5.74) is 1.72. The molecule has 0 aliphatic rings. The number of aromatic hydroxyl groups is 1. The Labute approximate surface area is 158 Å². The van der Waals surface area contributed by atoms with Crippen molar-refractivity contribution in [1.29, 1.82) is 0 Å². The minimum Gasteiger partial charge on any atom is -0.507 e. The van der Waals surface area contributed by atoms with E-state index in [4.69, 9.17) is 4.74 Å². The fourth-order valence-electron chi connectivity index (χ4n) is 2.92. The first-order valence-corrected chi connectivity index (χ1v) is 9.01. The van der Waals surface area contributed by atoms with Gasteiger partial charge >= 0.3 is 5.97 Å². The van der Waals surface area contributed by atoms with Gasteiger partial charge in [-0.05, 0) is 40.8 Å². The number of rotatable bonds is 6. The van der Waals surface area contributed by atoms with E-state index in [0.717, 1.165) is 17.2 Å². The summed E-state index contributed by atoms with van der Waals surface area (Å²) < 4.78 is 5.12. The van der Waals surface area contributed by atoms with Crippen molar-refractivity contribution in [2.45, 2.75) is 26.2 Å². The molecule has 27 heavy (non-hydrogen) atoms. The minimum absolute atomic E-state index is 0.0496. The van der Waals surface area contributed by atoms with Crippen molar-refractivity contribution in [2.24, 2.45) is 0 Å². The second kappa shape index (κ2) is 8.04. The largest absolute Gasteiger partial charge is 0.507 e. The van der Waals surface area contributed by atoms with Gasteiger partial charge in [-0.1, -0.05) is 62.4 Å². The highest BCUT2D eigenvalue weighted by molar-refractivity contribution is 6.01. The highest BCUT2D eigenvalue weighted by Crippen LogP contribution is 2.25. The van der Waals surface area contributed by atoms with Gasteiger partial charge in [0, 0.05) is 5.56 Å². The van der Waals surface area contributed by atoms with Crippen LogP contribution < -0.4 is 0 Å². The normalized spacial score (nSPS) is 11.9. The molecule has 1 N–H and O–H groups in total. The highest BCUT2D eigenvalue weighted by Gasteiger charge is 2.16. The first-order valence-electron chi connectivity index (χ1n) is 9.01. The smallest absolute Gasteiger partial charge is 0.342 e. The maximum Gasteiger partial charge on any atom is 0.342 e. The van der Waals surface area contributed by atoms with Gasteiger partial charge in [-0.3, -0.25) is 4.79 Å². The van der Waals surface area contributed by atoms with E-state index in [1.165, 1.54) is 11.6 Å². The van der Waals surface area contributed by atoms with Crippen LogP contribution in [0.5, 0.6) is 5.75 Å². The third-order valence-corrected chi connectivity index (χ3v) is 4.83. The van der Waals surface area contributed by atoms with Crippen molar-refractivity contribution in [3.63, 3.8) is 0 Å². The molecule has 0 saturated heterocycles. The molecule has 0 spiro atoms. The van der Waals surface area contributed by atoms with Crippen LogP contribution in [0.25, 0.3) is 10.8 Å². The molecule has 0 radical (unpaired) electrons. The molecule has 0 fully saturated rings. The van der Waals surface area contributed by atoms with E-state index < -0.39 is 5.97 Å². The quantitative estimate of drug-likeness (QED) is 0.489. The number of ketones is 1. The molecule has 0 aliphatic heterocycles. The fourth-order valence-corrected chi connectivity index (χ4v) is 2.92. The van der Waals surface area contributed by atoms with Crippen molar-refractivity contribution in [3.05, 3.63) is 77.4 Å². The third kappa shape index (κ3) is 4.17. The van der Waals surface area contributed by atoms with Gasteiger partial charge in [0.15, 0.2) is 12.4 Å². The number of carbonyl (C=O) groups is 2. The molecule has 4 heteroatoms. The molecule has 0 amide bonds. The lowest BCUT2D eigenvalue weighted by Gasteiger charge is -2.10. The molecular weight excluding hydrogens is 340 g/mol. The minimum atomic E-state index is -0.720. The number of carbonyl (C=O) groups excluding carboxylic acids is 2. The zero-order chi connectivity index (χ0) is 19.4. The molecule has 0 aromatic heterocycles. The van der Waals surface area contributed by atoms with Gasteiger partial charge in [-0.2, -0.15) is 0 Å². The topological polar surface area (TPSA) is 63.6 Å². The van der Waals surface area contributed by atoms with Crippen LogP contribution >= 0.6 is 0 Å². The standard InChI is InChI=1S/C23H22O4/c1-3-15(2)16-8-10-17(11-9-16)22(25)14-27-23(26)20-12-18-6-4-5-7-19(18)13-21(20)24/h4-13,15,24H,3,14H2,1-2H3/t15-/m0/s1. The lowest BCUT2D eigenvalue weighted by Crippen LogP contribution is -2.14. The molecule has 3 rings (SSSR count). The molecule has 0 bridgehead atoms. The number of phenolic OH excluding ortho intramolecular Hbond substituents is 1. The van der Waals surface area contributed by atoms with Crippen molar-refractivity contribution < 1.29 is 19.4 Å². The number of benzene rings is 3. The molecule has 1 atom stereocenters. The number of fused-ring (bicyclic) bond motifs is 1. The zero-order valence-electron chi connectivity index (χ0n) is 15.4. The molecule has 0 saturated carbocycles. The monoisotopic (exact) mass is 362 g/mol. The van der Waals surface area contributed by atoms with Crippen molar-refractivity contribution >= 4 is 22.5 Å². The predicted molar refractivity (Wildman–Crippen MR) is 105 cm³/mol. The molecule has 3 aromatic rings. The summed E-state index contributed by atoms with van der Waals surface area (Å²) >= 11 is 0. The summed E-state index contributed by atoms with van der Waals surface area (Å²) in [6.45, 7) is 3.88. The maximum atomic E-state index is 12.3. The summed E-state index contributed by atoms with van der Waals surface area (Å²) in [6.07, 6.45) is 1.03. The van der Waals surface area contributed by atoms with E-state index in [2.05, 4.69) is 13.8 Å². The van der Waals surface area contributed by atoms with E-state index in [0.29, 0.717) is 11.5 Å². The molecule has 138 valence electrons. The number of hydrogen-bond acceptors (Lipinski definition) is 4. The summed E-state index contributed by atoms with van der Waals surface area (Å²) in [5, 5.41) is 11.7. The van der Waals surface area contributed by atoms with Crippen LogP contribution in [0.15, 0.2) is 60.7 Å². The maximum absolute atomic E-state index is 12.3. The van der Waals surface area contributed by atoms with Gasteiger partial charge in [0.2, 0.25) is 0 Å². The van der Waals surface area contributed by atoms with Crippen LogP contribution in [0.2, 0.25) is 0 Å². The summed E-state index contributed by atoms with van der Waals surface area (Å²) in [7, 11) is 0. The van der Waals surface area contributed by atoms with Gasteiger partial charge in [0.05, 0.1) is 0 Å². The molecule has 0 heterocycles. The Balaban J connectivity index is 1.68. The average molecular weight is 362 g/mol. The van der Waals surface area contributed by atoms with Gasteiger partial charge in [0.25, 0.3) is 0 Å². The second-order valence-corrected chi connectivity index (χ2v) is 6.65. The van der Waals surface area contributed by atoms with Crippen LogP contribution in [-0.4, -0.2) is 23.5 Å². The molecule has 0 unspecified atom stereocenters. The number of hydrogen-bond donors (Lipinski definition) is 1. The van der Waals surface area contributed by atoms with E-state index >= 15 is 0 Å². The summed E-state index contributed by atoms with van der Waals surface area (Å²) in [4.78, 5) is 24.6. The lowest BCUT2D eigenvalue weighted by molar-refractivity contribution is 0.0472. The Bertz CT molecular complexity index is 973. The average Bonchev–Trinajstić information content (AvgIpc) is 2.70. The Morgan fingerprint density at radius 3 is 2.26 bits per heavy atom. The van der Waals surface area contributed by atoms with Crippen LogP contribution in [0.4, 0.5) is 0 Å². The van der Waals surface area contributed by atoms with E-state index in [1.54, 1.807) is 18.2 Å². The van der Waals surface area contributed by atoms with Gasteiger partial charge in [-0.25, -0.2) is 4.79 Å². The number of ether oxygens (including phenoxy) is 1. The predicted octanol–water partition coefficient (Wildman–Crippen LogP) is 5.10. The Morgan fingerprint density at radius 1 is 1.00 bits per heavy atom. The number of Topliss-reactive ketones (excluding diaryl/α,β-unsaturated/α-hetero) is 1. The molecular formula is C23H22O4. The molecule has 4 nitrogen and oxygen atoms in total. The third-order valence-electron chi connectivity index (χ3n) is 4.83. The van der Waals surface area contributed by atoms with E-state index in [-0.39, 0.29) is 23.7 Å². The zero-order valence-corrected chi connectivity index (χ0v) is 15.4. The Kier molecular flexibility index (Phi) is 5.55. The van der Waals surface area contributed by atoms with Crippen molar-refractivity contribution in [2.75, 3.05) is 6.61 Å². The van der Waals surface area contributed by atoms with Gasteiger partial charge in [-0.15, -0.1) is 0 Å². The van der Waals surface area contributed by atoms with Crippen LogP contribution in [0.1, 0.15) is 52.5 Å². The van der Waals surface area contributed by atoms with Crippen LogP contribution in [0.3, 0.4) is 0 Å². The highest BCUT2D eigenvalue weighted by atomic mass is 16.5. The first kappa shape index (κ1) is 18.6. The van der Waals surface area contributed by atoms with Crippen LogP contribution in [0, 0.1) is 0 Å². The summed E-state index contributed by atoms with van der Waals surface area (Å²) in [6, 6.07) is 17.8. The van der Waals surface area contributed by atoms with E-state index in [1.807, 2.05) is 36.4 Å². The first-order chi connectivity index (χ1) is 13.0.